The van der Waals surface area contributed by atoms with Gasteiger partial charge in [-0.25, -0.2) is 4.68 Å². The van der Waals surface area contributed by atoms with Gasteiger partial charge in [0.15, 0.2) is 0 Å². The molecule has 17 heavy (non-hydrogen) atoms. The lowest BCUT2D eigenvalue weighted by molar-refractivity contribution is -0.131. The average Bonchev–Trinajstić information content (AvgIpc) is 2.72. The van der Waals surface area contributed by atoms with Crippen molar-refractivity contribution in [3.8, 4) is 0 Å². The summed E-state index contributed by atoms with van der Waals surface area (Å²) in [5, 5.41) is 11.8. The maximum Gasteiger partial charge on any atom is 0.233 e. The van der Waals surface area contributed by atoms with Gasteiger partial charge in [0.25, 0.3) is 0 Å². The summed E-state index contributed by atoms with van der Waals surface area (Å²) in [5.41, 5.74) is 0. The first-order valence-corrected chi connectivity index (χ1v) is 6.81. The quantitative estimate of drug-likeness (QED) is 0.744. The van der Waals surface area contributed by atoms with Crippen LogP contribution in [0, 0.1) is 0 Å². The maximum absolute atomic E-state index is 12.0. The number of carbonyl (C=O) groups is 1. The second-order valence-electron chi connectivity index (χ2n) is 4.31. The van der Waals surface area contributed by atoms with Crippen molar-refractivity contribution in [3.05, 3.63) is 0 Å². The van der Waals surface area contributed by atoms with E-state index in [9.17, 15) is 4.79 Å². The third-order valence-corrected chi connectivity index (χ3v) is 4.02. The molecule has 1 aliphatic rings. The molecule has 0 radical (unpaired) electrons. The summed E-state index contributed by atoms with van der Waals surface area (Å²) in [4.78, 5) is 14.0. The Kier molecular flexibility index (Phi) is 3.98. The van der Waals surface area contributed by atoms with Crippen LogP contribution in [-0.4, -0.2) is 49.4 Å². The van der Waals surface area contributed by atoms with Gasteiger partial charge < -0.3 is 4.90 Å². The Morgan fingerprint density at radius 3 is 3.00 bits per heavy atom. The summed E-state index contributed by atoms with van der Waals surface area (Å²) < 4.78 is 1.58. The summed E-state index contributed by atoms with van der Waals surface area (Å²) in [6.07, 6.45) is 3.46. The second-order valence-corrected chi connectivity index (χ2v) is 5.25. The highest BCUT2D eigenvalue weighted by molar-refractivity contribution is 7.99. The third-order valence-electron chi connectivity index (χ3n) is 3.03. The zero-order valence-electron chi connectivity index (χ0n) is 10.2. The Balaban J connectivity index is 1.86. The smallest absolute Gasteiger partial charge is 0.233 e. The van der Waals surface area contributed by atoms with Crippen LogP contribution in [0.3, 0.4) is 0 Å². The molecular weight excluding hydrogens is 238 g/mol. The van der Waals surface area contributed by atoms with E-state index in [2.05, 4.69) is 22.4 Å². The van der Waals surface area contributed by atoms with Gasteiger partial charge in [0, 0.05) is 19.6 Å². The van der Waals surface area contributed by atoms with Gasteiger partial charge in [0.05, 0.1) is 5.75 Å². The van der Waals surface area contributed by atoms with E-state index in [1.165, 1.54) is 18.2 Å². The highest BCUT2D eigenvalue weighted by Gasteiger charge is 2.23. The van der Waals surface area contributed by atoms with E-state index >= 15 is 0 Å². The van der Waals surface area contributed by atoms with Crippen molar-refractivity contribution in [2.24, 2.45) is 7.05 Å². The zero-order valence-corrected chi connectivity index (χ0v) is 11.0. The molecule has 1 aromatic rings. The monoisotopic (exact) mass is 255 g/mol. The molecule has 1 aromatic heterocycles. The van der Waals surface area contributed by atoms with Crippen LogP contribution in [0.4, 0.5) is 0 Å². The normalized spacial score (nSPS) is 20.6. The Hall–Kier alpha value is -1.11. The molecule has 1 fully saturated rings. The Labute approximate surface area is 105 Å². The molecule has 0 saturated carbocycles. The SMILES string of the molecule is CC1CCCCN1C(=O)CSc1nnnn1C. The van der Waals surface area contributed by atoms with Gasteiger partial charge in [0.1, 0.15) is 0 Å². The molecule has 0 spiro atoms. The summed E-state index contributed by atoms with van der Waals surface area (Å²) in [6.45, 7) is 3.00. The molecule has 1 saturated heterocycles. The molecule has 1 aliphatic heterocycles. The highest BCUT2D eigenvalue weighted by atomic mass is 32.2. The van der Waals surface area contributed by atoms with Crippen LogP contribution in [0.5, 0.6) is 0 Å². The van der Waals surface area contributed by atoms with Crippen LogP contribution >= 0.6 is 11.8 Å². The second kappa shape index (κ2) is 5.48. The largest absolute Gasteiger partial charge is 0.339 e. The van der Waals surface area contributed by atoms with Crippen LogP contribution in [-0.2, 0) is 11.8 Å². The first-order valence-electron chi connectivity index (χ1n) is 5.83. The number of likely N-dealkylation sites (tertiary alicyclic amines) is 1. The Morgan fingerprint density at radius 2 is 2.35 bits per heavy atom. The number of aryl methyl sites for hydroxylation is 1. The van der Waals surface area contributed by atoms with Crippen molar-refractivity contribution >= 4 is 17.7 Å². The molecule has 2 heterocycles. The topological polar surface area (TPSA) is 63.9 Å². The number of thioether (sulfide) groups is 1. The summed E-state index contributed by atoms with van der Waals surface area (Å²) in [6, 6.07) is 0.370. The lowest BCUT2D eigenvalue weighted by Gasteiger charge is -2.33. The van der Waals surface area contributed by atoms with E-state index < -0.39 is 0 Å². The van der Waals surface area contributed by atoms with Crippen molar-refractivity contribution in [2.75, 3.05) is 12.3 Å². The number of hydrogen-bond donors (Lipinski definition) is 0. The minimum atomic E-state index is 0.185. The highest BCUT2D eigenvalue weighted by Crippen LogP contribution is 2.19. The summed E-state index contributed by atoms with van der Waals surface area (Å²) in [5.74, 6) is 0.601. The summed E-state index contributed by atoms with van der Waals surface area (Å²) >= 11 is 1.39. The third kappa shape index (κ3) is 2.96. The molecule has 6 nitrogen and oxygen atoms in total. The fourth-order valence-corrected chi connectivity index (χ4v) is 2.76. The van der Waals surface area contributed by atoms with E-state index in [0.717, 1.165) is 19.4 Å². The number of amides is 1. The molecule has 0 aliphatic carbocycles. The van der Waals surface area contributed by atoms with Crippen molar-refractivity contribution in [2.45, 2.75) is 37.4 Å². The zero-order chi connectivity index (χ0) is 12.3. The van der Waals surface area contributed by atoms with Crippen LogP contribution in [0.1, 0.15) is 26.2 Å². The van der Waals surface area contributed by atoms with E-state index in [4.69, 9.17) is 0 Å². The van der Waals surface area contributed by atoms with Crippen LogP contribution in [0.15, 0.2) is 5.16 Å². The lowest BCUT2D eigenvalue weighted by Crippen LogP contribution is -2.42. The van der Waals surface area contributed by atoms with E-state index in [1.54, 1.807) is 11.7 Å². The van der Waals surface area contributed by atoms with Gasteiger partial charge in [-0.1, -0.05) is 11.8 Å². The lowest BCUT2D eigenvalue weighted by atomic mass is 10.0. The number of aromatic nitrogens is 4. The minimum Gasteiger partial charge on any atom is -0.339 e. The first-order chi connectivity index (χ1) is 8.18. The fraction of sp³-hybridized carbons (Fsp3) is 0.800. The molecule has 1 amide bonds. The van der Waals surface area contributed by atoms with Crippen LogP contribution < -0.4 is 0 Å². The van der Waals surface area contributed by atoms with Gasteiger partial charge in [-0.05, 0) is 36.6 Å². The van der Waals surface area contributed by atoms with E-state index in [-0.39, 0.29) is 5.91 Å². The van der Waals surface area contributed by atoms with Gasteiger partial charge in [-0.3, -0.25) is 4.79 Å². The molecule has 1 unspecified atom stereocenters. The van der Waals surface area contributed by atoms with Gasteiger partial charge in [0.2, 0.25) is 11.1 Å². The molecule has 0 aromatic carbocycles. The Bertz CT molecular complexity index is 394. The van der Waals surface area contributed by atoms with E-state index in [0.29, 0.717) is 17.0 Å². The van der Waals surface area contributed by atoms with Crippen molar-refractivity contribution < 1.29 is 4.79 Å². The predicted molar refractivity (Wildman–Crippen MR) is 64.5 cm³/mol. The standard InChI is InChI=1S/C10H17N5OS/c1-8-5-3-4-6-15(8)9(16)7-17-10-11-12-13-14(10)2/h8H,3-7H2,1-2H3. The number of piperidine rings is 1. The summed E-state index contributed by atoms with van der Waals surface area (Å²) in [7, 11) is 1.77. The van der Waals surface area contributed by atoms with Crippen LogP contribution in [0.25, 0.3) is 0 Å². The van der Waals surface area contributed by atoms with Gasteiger partial charge in [-0.15, -0.1) is 5.10 Å². The number of nitrogens with zero attached hydrogens (tertiary/aromatic N) is 5. The number of carbonyl (C=O) groups excluding carboxylic acids is 1. The van der Waals surface area contributed by atoms with Crippen molar-refractivity contribution in [1.82, 2.24) is 25.1 Å². The number of rotatable bonds is 3. The molecule has 2 rings (SSSR count). The first kappa shape index (κ1) is 12.3. The molecule has 94 valence electrons. The molecule has 7 heteroatoms. The van der Waals surface area contributed by atoms with Gasteiger partial charge >= 0.3 is 0 Å². The van der Waals surface area contributed by atoms with Crippen molar-refractivity contribution in [1.29, 1.82) is 0 Å². The minimum absolute atomic E-state index is 0.185. The molecular formula is C10H17N5OS. The number of hydrogen-bond acceptors (Lipinski definition) is 5. The average molecular weight is 255 g/mol. The number of tetrazole rings is 1. The van der Waals surface area contributed by atoms with Gasteiger partial charge in [-0.2, -0.15) is 0 Å². The molecule has 0 N–H and O–H groups in total. The van der Waals surface area contributed by atoms with Crippen LogP contribution in [0.2, 0.25) is 0 Å². The molecule has 0 bridgehead atoms. The molecule has 1 atom stereocenters. The van der Waals surface area contributed by atoms with Crippen molar-refractivity contribution in [3.63, 3.8) is 0 Å². The predicted octanol–water partition coefficient (Wildman–Crippen LogP) is 0.703. The maximum atomic E-state index is 12.0. The Morgan fingerprint density at radius 1 is 1.53 bits per heavy atom. The van der Waals surface area contributed by atoms with E-state index in [1.807, 2.05) is 4.90 Å². The fourth-order valence-electron chi connectivity index (χ4n) is 2.02.